The van der Waals surface area contributed by atoms with Crippen LogP contribution in [0.15, 0.2) is 36.5 Å². The molecule has 0 aliphatic heterocycles. The highest BCUT2D eigenvalue weighted by Crippen LogP contribution is 2.07. The Hall–Kier alpha value is -0.850. The van der Waals surface area contributed by atoms with Gasteiger partial charge in [0.1, 0.15) is 6.17 Å². The number of hydrogen-bond donors (Lipinski definition) is 0. The van der Waals surface area contributed by atoms with Crippen molar-refractivity contribution < 1.29 is 4.39 Å². The van der Waals surface area contributed by atoms with Gasteiger partial charge in [-0.25, -0.2) is 4.39 Å². The predicted octanol–water partition coefficient (Wildman–Crippen LogP) is 2.01. The number of hydrogen-bond acceptors (Lipinski definition) is 0. The van der Waals surface area contributed by atoms with Crippen LogP contribution in [0.4, 0.5) is 4.39 Å². The van der Waals surface area contributed by atoms with E-state index in [1.165, 1.54) is 12.2 Å². The Morgan fingerprint density at radius 1 is 1.38 bits per heavy atom. The summed E-state index contributed by atoms with van der Waals surface area (Å²) in [5.41, 5.74) is 0.860. The first-order valence-electron chi connectivity index (χ1n) is 2.48. The van der Waals surface area contributed by atoms with Crippen LogP contribution in [0.1, 0.15) is 0 Å². The summed E-state index contributed by atoms with van der Waals surface area (Å²) < 4.78 is 12.1. The molecule has 0 nitrogen and oxygen atoms in total. The lowest BCUT2D eigenvalue weighted by molar-refractivity contribution is 0.467. The summed E-state index contributed by atoms with van der Waals surface area (Å²) in [6, 6.07) is 0. The summed E-state index contributed by atoms with van der Waals surface area (Å²) in [6.45, 7) is 3.61. The topological polar surface area (TPSA) is 0 Å². The first-order valence-corrected chi connectivity index (χ1v) is 2.48. The molecule has 0 radical (unpaired) electrons. The molecular weight excluding hydrogens is 103 g/mol. The fraction of sp³-hybridized carbons (Fsp3) is 0.143. The highest BCUT2D eigenvalue weighted by atomic mass is 19.1. The van der Waals surface area contributed by atoms with Gasteiger partial charge >= 0.3 is 0 Å². The van der Waals surface area contributed by atoms with E-state index in [1.807, 2.05) is 0 Å². The molecule has 0 aromatic carbocycles. The summed E-state index contributed by atoms with van der Waals surface area (Å²) in [7, 11) is 0. The molecule has 0 fully saturated rings. The summed E-state index contributed by atoms with van der Waals surface area (Å²) in [4.78, 5) is 0. The standard InChI is InChI=1S/C7H7F/c1-6-2-4-7(8)5-3-6/h2-5,7H,1H2. The van der Waals surface area contributed by atoms with Gasteiger partial charge in [-0.05, 0) is 17.7 Å². The van der Waals surface area contributed by atoms with E-state index < -0.39 is 6.17 Å². The van der Waals surface area contributed by atoms with Crippen LogP contribution in [0.5, 0.6) is 0 Å². The minimum atomic E-state index is -0.902. The van der Waals surface area contributed by atoms with E-state index in [9.17, 15) is 4.39 Å². The monoisotopic (exact) mass is 110 g/mol. The third kappa shape index (κ3) is 1.06. The largest absolute Gasteiger partial charge is 0.238 e. The molecule has 0 bridgehead atoms. The first-order chi connectivity index (χ1) is 3.79. The summed E-state index contributed by atoms with van der Waals surface area (Å²) in [5.74, 6) is 0. The Balaban J connectivity index is 2.68. The molecule has 0 spiro atoms. The number of allylic oxidation sites excluding steroid dienone is 5. The second-order valence-corrected chi connectivity index (χ2v) is 1.74. The third-order valence-corrected chi connectivity index (χ3v) is 0.988. The minimum absolute atomic E-state index is 0.860. The van der Waals surface area contributed by atoms with Crippen molar-refractivity contribution in [1.82, 2.24) is 0 Å². The van der Waals surface area contributed by atoms with Crippen LogP contribution in [0.2, 0.25) is 0 Å². The highest BCUT2D eigenvalue weighted by Gasteiger charge is 1.97. The molecule has 0 N–H and O–H groups in total. The number of rotatable bonds is 0. The van der Waals surface area contributed by atoms with E-state index in [0.717, 1.165) is 5.57 Å². The van der Waals surface area contributed by atoms with Crippen LogP contribution >= 0.6 is 0 Å². The normalized spacial score (nSPS) is 19.9. The molecule has 1 aliphatic carbocycles. The Labute approximate surface area is 48.0 Å². The van der Waals surface area contributed by atoms with Gasteiger partial charge in [-0.1, -0.05) is 18.7 Å². The molecular formula is C7H7F. The van der Waals surface area contributed by atoms with E-state index in [0.29, 0.717) is 0 Å². The zero-order valence-electron chi connectivity index (χ0n) is 4.47. The maximum absolute atomic E-state index is 12.1. The molecule has 0 unspecified atom stereocenters. The Bertz CT molecular complexity index is 138. The van der Waals surface area contributed by atoms with Gasteiger partial charge in [0.15, 0.2) is 0 Å². The van der Waals surface area contributed by atoms with Gasteiger partial charge in [-0.3, -0.25) is 0 Å². The smallest absolute Gasteiger partial charge is 0.137 e. The number of alkyl halides is 1. The lowest BCUT2D eigenvalue weighted by Gasteiger charge is -1.99. The molecule has 0 atom stereocenters. The maximum atomic E-state index is 12.1. The van der Waals surface area contributed by atoms with Gasteiger partial charge in [0.2, 0.25) is 0 Å². The zero-order chi connectivity index (χ0) is 5.98. The van der Waals surface area contributed by atoms with E-state index in [2.05, 4.69) is 6.58 Å². The fourth-order valence-electron chi connectivity index (χ4n) is 0.551. The van der Waals surface area contributed by atoms with Gasteiger partial charge in [0.25, 0.3) is 0 Å². The summed E-state index contributed by atoms with van der Waals surface area (Å²) in [6.07, 6.45) is 5.39. The van der Waals surface area contributed by atoms with E-state index in [4.69, 9.17) is 0 Å². The number of halogens is 1. The van der Waals surface area contributed by atoms with Crippen LogP contribution in [0.3, 0.4) is 0 Å². The Morgan fingerprint density at radius 3 is 2.25 bits per heavy atom. The molecule has 42 valence electrons. The molecule has 0 aromatic rings. The summed E-state index contributed by atoms with van der Waals surface area (Å²) in [5, 5.41) is 0. The van der Waals surface area contributed by atoms with E-state index in [1.54, 1.807) is 12.2 Å². The van der Waals surface area contributed by atoms with Crippen molar-refractivity contribution in [3.63, 3.8) is 0 Å². The molecule has 0 heterocycles. The molecule has 0 saturated carbocycles. The lowest BCUT2D eigenvalue weighted by Crippen LogP contribution is -1.91. The molecule has 0 saturated heterocycles. The predicted molar refractivity (Wildman–Crippen MR) is 32.3 cm³/mol. The fourth-order valence-corrected chi connectivity index (χ4v) is 0.551. The summed E-state index contributed by atoms with van der Waals surface area (Å²) >= 11 is 0. The molecule has 0 amide bonds. The Morgan fingerprint density at radius 2 is 1.88 bits per heavy atom. The third-order valence-electron chi connectivity index (χ3n) is 0.988. The van der Waals surface area contributed by atoms with Crippen LogP contribution in [0, 0.1) is 0 Å². The van der Waals surface area contributed by atoms with Crippen molar-refractivity contribution in [1.29, 1.82) is 0 Å². The van der Waals surface area contributed by atoms with Crippen molar-refractivity contribution in [2.45, 2.75) is 6.17 Å². The van der Waals surface area contributed by atoms with E-state index in [-0.39, 0.29) is 0 Å². The van der Waals surface area contributed by atoms with Crippen molar-refractivity contribution >= 4 is 0 Å². The van der Waals surface area contributed by atoms with Gasteiger partial charge < -0.3 is 0 Å². The van der Waals surface area contributed by atoms with Gasteiger partial charge in [-0.2, -0.15) is 0 Å². The van der Waals surface area contributed by atoms with Crippen LogP contribution in [-0.2, 0) is 0 Å². The van der Waals surface area contributed by atoms with Crippen molar-refractivity contribution in [3.8, 4) is 0 Å². The Kier molecular flexibility index (Phi) is 1.29. The molecule has 1 rings (SSSR count). The van der Waals surface area contributed by atoms with Crippen LogP contribution in [-0.4, -0.2) is 6.17 Å². The van der Waals surface area contributed by atoms with Crippen LogP contribution < -0.4 is 0 Å². The maximum Gasteiger partial charge on any atom is 0.137 e. The van der Waals surface area contributed by atoms with E-state index >= 15 is 0 Å². The first kappa shape index (κ1) is 5.29. The highest BCUT2D eigenvalue weighted by molar-refractivity contribution is 5.33. The van der Waals surface area contributed by atoms with Gasteiger partial charge in [0.05, 0.1) is 0 Å². The van der Waals surface area contributed by atoms with Crippen LogP contribution in [0.25, 0.3) is 0 Å². The molecule has 8 heavy (non-hydrogen) atoms. The quantitative estimate of drug-likeness (QED) is 0.447. The average Bonchev–Trinajstić information content (AvgIpc) is 1.77. The second kappa shape index (κ2) is 1.95. The lowest BCUT2D eigenvalue weighted by atomic mass is 10.1. The molecule has 1 heteroatoms. The zero-order valence-corrected chi connectivity index (χ0v) is 4.47. The van der Waals surface area contributed by atoms with Crippen molar-refractivity contribution in [2.75, 3.05) is 0 Å². The van der Waals surface area contributed by atoms with Crippen molar-refractivity contribution in [2.24, 2.45) is 0 Å². The van der Waals surface area contributed by atoms with Gasteiger partial charge in [-0.15, -0.1) is 0 Å². The average molecular weight is 110 g/mol. The second-order valence-electron chi connectivity index (χ2n) is 1.74. The molecule has 1 aliphatic rings. The van der Waals surface area contributed by atoms with Gasteiger partial charge in [0, 0.05) is 0 Å². The van der Waals surface area contributed by atoms with Crippen molar-refractivity contribution in [3.05, 3.63) is 36.5 Å². The SMILES string of the molecule is C=C1C=CC(F)C=C1. The minimum Gasteiger partial charge on any atom is -0.238 e. The molecule has 0 aromatic heterocycles.